The number of H-pyrrole nitrogens is 1. The number of rotatable bonds is 4. The topological polar surface area (TPSA) is 108 Å². The van der Waals surface area contributed by atoms with Crippen molar-refractivity contribution in [3.63, 3.8) is 0 Å². The summed E-state index contributed by atoms with van der Waals surface area (Å²) in [5, 5.41) is 17.2. The van der Waals surface area contributed by atoms with Gasteiger partial charge in [-0.3, -0.25) is 9.89 Å². The average molecular weight is 210 g/mol. The number of amides is 1. The van der Waals surface area contributed by atoms with Crippen LogP contribution in [0.2, 0.25) is 0 Å². The summed E-state index contributed by atoms with van der Waals surface area (Å²) in [4.78, 5) is 25.9. The van der Waals surface area contributed by atoms with Gasteiger partial charge in [0.2, 0.25) is 5.82 Å². The second kappa shape index (κ2) is 3.68. The average Bonchev–Trinajstić information content (AvgIpc) is 2.87. The first-order valence-corrected chi connectivity index (χ1v) is 4.57. The molecule has 1 atom stereocenters. The highest BCUT2D eigenvalue weighted by Crippen LogP contribution is 2.32. The van der Waals surface area contributed by atoms with Crippen molar-refractivity contribution in [1.82, 2.24) is 20.5 Å². The molecule has 0 saturated heterocycles. The van der Waals surface area contributed by atoms with Gasteiger partial charge in [0, 0.05) is 0 Å². The van der Waals surface area contributed by atoms with E-state index < -0.39 is 17.9 Å². The van der Waals surface area contributed by atoms with Gasteiger partial charge in [-0.2, -0.15) is 5.10 Å². The molecule has 1 aliphatic rings. The summed E-state index contributed by atoms with van der Waals surface area (Å²) in [5.74, 6) is -1.46. The summed E-state index contributed by atoms with van der Waals surface area (Å²) in [6.45, 7) is 0. The number of carboxylic acids is 1. The maximum absolute atomic E-state index is 11.4. The van der Waals surface area contributed by atoms with Crippen LogP contribution >= 0.6 is 0 Å². The van der Waals surface area contributed by atoms with Gasteiger partial charge < -0.3 is 10.4 Å². The summed E-state index contributed by atoms with van der Waals surface area (Å²) in [5.41, 5.74) is 0. The maximum atomic E-state index is 11.4. The number of hydrogen-bond acceptors (Lipinski definition) is 4. The molecule has 15 heavy (non-hydrogen) atoms. The Morgan fingerprint density at radius 3 is 2.80 bits per heavy atom. The van der Waals surface area contributed by atoms with Crippen molar-refractivity contribution in [3.8, 4) is 0 Å². The van der Waals surface area contributed by atoms with Crippen LogP contribution in [0.25, 0.3) is 0 Å². The molecule has 80 valence electrons. The quantitative estimate of drug-likeness (QED) is 0.614. The minimum absolute atomic E-state index is 0.0295. The van der Waals surface area contributed by atoms with Gasteiger partial charge in [-0.05, 0) is 18.8 Å². The molecule has 1 unspecified atom stereocenters. The van der Waals surface area contributed by atoms with Crippen molar-refractivity contribution in [2.45, 2.75) is 18.9 Å². The maximum Gasteiger partial charge on any atom is 0.326 e. The molecule has 7 heteroatoms. The molecule has 0 aliphatic heterocycles. The summed E-state index contributed by atoms with van der Waals surface area (Å²) < 4.78 is 0. The molecule has 1 aromatic rings. The van der Waals surface area contributed by atoms with Crippen LogP contribution in [0.15, 0.2) is 6.33 Å². The highest BCUT2D eigenvalue weighted by molar-refractivity contribution is 5.93. The minimum atomic E-state index is -1.01. The van der Waals surface area contributed by atoms with Gasteiger partial charge in [0.1, 0.15) is 12.4 Å². The van der Waals surface area contributed by atoms with E-state index in [1.165, 1.54) is 6.33 Å². The van der Waals surface area contributed by atoms with E-state index in [9.17, 15) is 9.59 Å². The van der Waals surface area contributed by atoms with Crippen LogP contribution in [0.4, 0.5) is 0 Å². The predicted octanol–water partition coefficient (Wildman–Crippen LogP) is -0.602. The van der Waals surface area contributed by atoms with Crippen molar-refractivity contribution in [2.24, 2.45) is 5.92 Å². The first-order chi connectivity index (χ1) is 7.18. The van der Waals surface area contributed by atoms with E-state index in [0.29, 0.717) is 0 Å². The number of aromatic nitrogens is 3. The van der Waals surface area contributed by atoms with Crippen LogP contribution < -0.4 is 5.32 Å². The summed E-state index contributed by atoms with van der Waals surface area (Å²) in [6, 6.07) is -0.817. The van der Waals surface area contributed by atoms with Gasteiger partial charge in [-0.1, -0.05) is 0 Å². The lowest BCUT2D eigenvalue weighted by atomic mass is 10.2. The molecule has 7 nitrogen and oxygen atoms in total. The van der Waals surface area contributed by atoms with Gasteiger partial charge >= 0.3 is 5.97 Å². The molecule has 1 heterocycles. The number of carbonyl (C=O) groups excluding carboxylic acids is 1. The highest BCUT2D eigenvalue weighted by Gasteiger charge is 2.37. The van der Waals surface area contributed by atoms with E-state index in [1.807, 2.05) is 0 Å². The first kappa shape index (κ1) is 9.63. The van der Waals surface area contributed by atoms with Gasteiger partial charge in [-0.25, -0.2) is 9.78 Å². The molecule has 0 bridgehead atoms. The number of nitrogens with one attached hydrogen (secondary N) is 2. The number of carbonyl (C=O) groups is 2. The van der Waals surface area contributed by atoms with Gasteiger partial charge in [0.25, 0.3) is 5.91 Å². The Morgan fingerprint density at radius 1 is 1.60 bits per heavy atom. The van der Waals surface area contributed by atoms with Crippen molar-refractivity contribution in [2.75, 3.05) is 0 Å². The molecule has 1 amide bonds. The molecular formula is C8H10N4O3. The number of aromatic amines is 1. The predicted molar refractivity (Wildman–Crippen MR) is 48.0 cm³/mol. The Labute approximate surface area is 84.9 Å². The smallest absolute Gasteiger partial charge is 0.326 e. The second-order valence-electron chi connectivity index (χ2n) is 3.46. The Bertz CT molecular complexity index is 371. The van der Waals surface area contributed by atoms with Crippen LogP contribution in [-0.4, -0.2) is 38.2 Å². The molecule has 0 aromatic carbocycles. The molecule has 2 rings (SSSR count). The zero-order valence-corrected chi connectivity index (χ0v) is 7.80. The van der Waals surface area contributed by atoms with E-state index in [0.717, 1.165) is 12.8 Å². The number of nitrogens with zero attached hydrogens (tertiary/aromatic N) is 2. The highest BCUT2D eigenvalue weighted by atomic mass is 16.4. The first-order valence-electron chi connectivity index (χ1n) is 4.57. The van der Waals surface area contributed by atoms with Crippen LogP contribution in [0, 0.1) is 5.92 Å². The van der Waals surface area contributed by atoms with E-state index in [1.54, 1.807) is 0 Å². The number of carboxylic acid groups (broad SMARTS) is 1. The fourth-order valence-electron chi connectivity index (χ4n) is 1.34. The van der Waals surface area contributed by atoms with E-state index in [-0.39, 0.29) is 11.7 Å². The molecular weight excluding hydrogens is 200 g/mol. The van der Waals surface area contributed by atoms with E-state index in [4.69, 9.17) is 5.11 Å². The summed E-state index contributed by atoms with van der Waals surface area (Å²) in [6.07, 6.45) is 2.88. The zero-order chi connectivity index (χ0) is 10.8. The Balaban J connectivity index is 2.00. The van der Waals surface area contributed by atoms with Gasteiger partial charge in [0.15, 0.2) is 0 Å². The second-order valence-corrected chi connectivity index (χ2v) is 3.46. The third-order valence-electron chi connectivity index (χ3n) is 2.28. The largest absolute Gasteiger partial charge is 0.480 e. The van der Waals surface area contributed by atoms with Gasteiger partial charge in [0.05, 0.1) is 0 Å². The van der Waals surface area contributed by atoms with E-state index in [2.05, 4.69) is 20.5 Å². The summed E-state index contributed by atoms with van der Waals surface area (Å²) in [7, 11) is 0. The van der Waals surface area contributed by atoms with Crippen molar-refractivity contribution < 1.29 is 14.7 Å². The standard InChI is InChI=1S/C8H10N4O3/c13-7(6-9-3-10-12-6)11-5(8(14)15)4-1-2-4/h3-5H,1-2H2,(H,11,13)(H,14,15)(H,9,10,12). The molecule has 1 saturated carbocycles. The van der Waals surface area contributed by atoms with Crippen molar-refractivity contribution in [1.29, 1.82) is 0 Å². The molecule has 1 aliphatic carbocycles. The Morgan fingerprint density at radius 2 is 2.33 bits per heavy atom. The SMILES string of the molecule is O=C(NC(C(=O)O)C1CC1)c1ncn[nH]1. The molecule has 3 N–H and O–H groups in total. The molecule has 0 spiro atoms. The van der Waals surface area contributed by atoms with Crippen LogP contribution in [-0.2, 0) is 4.79 Å². The Hall–Kier alpha value is -1.92. The van der Waals surface area contributed by atoms with Crippen LogP contribution in [0.3, 0.4) is 0 Å². The third-order valence-corrected chi connectivity index (χ3v) is 2.28. The summed E-state index contributed by atoms with van der Waals surface area (Å²) >= 11 is 0. The van der Waals surface area contributed by atoms with Crippen molar-refractivity contribution >= 4 is 11.9 Å². The molecule has 1 fully saturated rings. The lowest BCUT2D eigenvalue weighted by Crippen LogP contribution is -2.42. The van der Waals surface area contributed by atoms with Crippen molar-refractivity contribution in [3.05, 3.63) is 12.2 Å². The van der Waals surface area contributed by atoms with Gasteiger partial charge in [-0.15, -0.1) is 0 Å². The third kappa shape index (κ3) is 2.12. The lowest BCUT2D eigenvalue weighted by molar-refractivity contribution is -0.139. The minimum Gasteiger partial charge on any atom is -0.480 e. The zero-order valence-electron chi connectivity index (χ0n) is 7.80. The fraction of sp³-hybridized carbons (Fsp3) is 0.500. The molecule has 0 radical (unpaired) electrons. The van der Waals surface area contributed by atoms with Crippen LogP contribution in [0.1, 0.15) is 23.5 Å². The Kier molecular flexibility index (Phi) is 2.36. The number of aliphatic carboxylic acids is 1. The monoisotopic (exact) mass is 210 g/mol. The number of hydrogen-bond donors (Lipinski definition) is 3. The van der Waals surface area contributed by atoms with E-state index >= 15 is 0 Å². The van der Waals surface area contributed by atoms with Crippen LogP contribution in [0.5, 0.6) is 0 Å². The normalized spacial score (nSPS) is 17.1. The lowest BCUT2D eigenvalue weighted by Gasteiger charge is -2.11. The fourth-order valence-corrected chi connectivity index (χ4v) is 1.34. The molecule has 1 aromatic heterocycles.